The third-order valence-electron chi connectivity index (χ3n) is 6.14. The van der Waals surface area contributed by atoms with Gasteiger partial charge in [0.15, 0.2) is 0 Å². The molecule has 1 N–H and O–H groups in total. The lowest BCUT2D eigenvalue weighted by Crippen LogP contribution is -2.32. The number of rotatable bonds is 9. The SMILES string of the molecule is CCCCN(CCCC)C(c1ccccc1)c1cc(C(C)(C)C)c(O)c(C(C)(C)C)c1. The average Bonchev–Trinajstić information content (AvgIpc) is 2.69. The predicted octanol–water partition coefficient (Wildman–Crippen LogP) is 7.98. The molecule has 0 aliphatic heterocycles. The van der Waals surface area contributed by atoms with Crippen LogP contribution >= 0.6 is 0 Å². The Hall–Kier alpha value is -1.80. The molecule has 2 nitrogen and oxygen atoms in total. The second-order valence-corrected chi connectivity index (χ2v) is 11.0. The molecule has 2 rings (SSSR count). The van der Waals surface area contributed by atoms with Gasteiger partial charge in [-0.05, 0) is 71.1 Å². The van der Waals surface area contributed by atoms with Crippen molar-refractivity contribution >= 4 is 0 Å². The molecule has 1 unspecified atom stereocenters. The van der Waals surface area contributed by atoms with Crippen molar-refractivity contribution in [1.82, 2.24) is 4.90 Å². The number of hydrogen-bond acceptors (Lipinski definition) is 2. The average molecular weight is 424 g/mol. The van der Waals surface area contributed by atoms with Gasteiger partial charge in [-0.25, -0.2) is 0 Å². The first-order chi connectivity index (χ1) is 14.5. The van der Waals surface area contributed by atoms with E-state index in [-0.39, 0.29) is 16.9 Å². The highest BCUT2D eigenvalue weighted by molar-refractivity contribution is 5.52. The summed E-state index contributed by atoms with van der Waals surface area (Å²) in [7, 11) is 0. The highest BCUT2D eigenvalue weighted by atomic mass is 16.3. The van der Waals surface area contributed by atoms with Crippen LogP contribution in [0.25, 0.3) is 0 Å². The molecule has 1 atom stereocenters. The number of phenols is 1. The van der Waals surface area contributed by atoms with Gasteiger partial charge < -0.3 is 5.11 Å². The van der Waals surface area contributed by atoms with E-state index in [4.69, 9.17) is 0 Å². The van der Waals surface area contributed by atoms with Crippen molar-refractivity contribution in [2.24, 2.45) is 0 Å². The molecular formula is C29H45NO. The Balaban J connectivity index is 2.75. The van der Waals surface area contributed by atoms with E-state index in [0.717, 1.165) is 24.2 Å². The topological polar surface area (TPSA) is 23.5 Å². The largest absolute Gasteiger partial charge is 0.507 e. The van der Waals surface area contributed by atoms with Crippen molar-refractivity contribution in [3.8, 4) is 5.75 Å². The lowest BCUT2D eigenvalue weighted by atomic mass is 9.77. The van der Waals surface area contributed by atoms with Crippen LogP contribution in [-0.4, -0.2) is 23.1 Å². The molecule has 2 aromatic carbocycles. The summed E-state index contributed by atoms with van der Waals surface area (Å²) < 4.78 is 0. The van der Waals surface area contributed by atoms with Crippen molar-refractivity contribution in [1.29, 1.82) is 0 Å². The van der Waals surface area contributed by atoms with E-state index in [1.165, 1.54) is 36.8 Å². The van der Waals surface area contributed by atoms with Crippen LogP contribution in [0, 0.1) is 0 Å². The monoisotopic (exact) mass is 423 g/mol. The highest BCUT2D eigenvalue weighted by Gasteiger charge is 2.30. The fourth-order valence-corrected chi connectivity index (χ4v) is 4.30. The molecule has 0 aliphatic rings. The van der Waals surface area contributed by atoms with E-state index in [1.54, 1.807) is 0 Å². The smallest absolute Gasteiger partial charge is 0.123 e. The van der Waals surface area contributed by atoms with Crippen LogP contribution in [0.15, 0.2) is 42.5 Å². The molecule has 0 aliphatic carbocycles. The molecule has 0 saturated carbocycles. The van der Waals surface area contributed by atoms with Gasteiger partial charge >= 0.3 is 0 Å². The Bertz CT molecular complexity index is 768. The van der Waals surface area contributed by atoms with Gasteiger partial charge in [0, 0.05) is 0 Å². The van der Waals surface area contributed by atoms with Gasteiger partial charge in [-0.3, -0.25) is 4.90 Å². The summed E-state index contributed by atoms with van der Waals surface area (Å²) in [6.07, 6.45) is 4.78. The second kappa shape index (κ2) is 10.7. The Labute approximate surface area is 191 Å². The van der Waals surface area contributed by atoms with Gasteiger partial charge in [0.25, 0.3) is 0 Å². The van der Waals surface area contributed by atoms with Crippen molar-refractivity contribution in [2.45, 2.75) is 97.9 Å². The van der Waals surface area contributed by atoms with Crippen molar-refractivity contribution in [3.63, 3.8) is 0 Å². The number of unbranched alkanes of at least 4 members (excludes halogenated alkanes) is 2. The first-order valence-electron chi connectivity index (χ1n) is 12.2. The third kappa shape index (κ3) is 6.59. The fraction of sp³-hybridized carbons (Fsp3) is 0.586. The summed E-state index contributed by atoms with van der Waals surface area (Å²) in [4.78, 5) is 2.66. The van der Waals surface area contributed by atoms with E-state index in [2.05, 4.69) is 103 Å². The van der Waals surface area contributed by atoms with E-state index in [0.29, 0.717) is 5.75 Å². The molecule has 0 amide bonds. The number of phenolic OH excluding ortho intramolecular Hbond substituents is 1. The molecule has 31 heavy (non-hydrogen) atoms. The lowest BCUT2D eigenvalue weighted by molar-refractivity contribution is 0.218. The molecule has 0 spiro atoms. The van der Waals surface area contributed by atoms with Crippen molar-refractivity contribution < 1.29 is 5.11 Å². The third-order valence-corrected chi connectivity index (χ3v) is 6.14. The highest BCUT2D eigenvalue weighted by Crippen LogP contribution is 2.42. The Kier molecular flexibility index (Phi) is 8.77. The number of nitrogens with zero attached hydrogens (tertiary/aromatic N) is 1. The van der Waals surface area contributed by atoms with Gasteiger partial charge in [0.05, 0.1) is 6.04 Å². The zero-order valence-electron chi connectivity index (χ0n) is 21.3. The van der Waals surface area contributed by atoms with Crippen LogP contribution in [0.5, 0.6) is 5.75 Å². The van der Waals surface area contributed by atoms with Crippen LogP contribution < -0.4 is 0 Å². The Morgan fingerprint density at radius 2 is 1.19 bits per heavy atom. The summed E-state index contributed by atoms with van der Waals surface area (Å²) in [5, 5.41) is 11.2. The minimum atomic E-state index is -0.126. The van der Waals surface area contributed by atoms with Crippen LogP contribution in [-0.2, 0) is 10.8 Å². The molecule has 0 saturated heterocycles. The molecule has 172 valence electrons. The van der Waals surface area contributed by atoms with Crippen LogP contribution in [0.3, 0.4) is 0 Å². The molecule has 0 radical (unpaired) electrons. The summed E-state index contributed by atoms with van der Waals surface area (Å²) >= 11 is 0. The quantitative estimate of drug-likeness (QED) is 0.442. The molecule has 0 fully saturated rings. The molecular weight excluding hydrogens is 378 g/mol. The van der Waals surface area contributed by atoms with Crippen LogP contribution in [0.1, 0.15) is 109 Å². The molecule has 0 heterocycles. The van der Waals surface area contributed by atoms with E-state index in [9.17, 15) is 5.11 Å². The fourth-order valence-electron chi connectivity index (χ4n) is 4.30. The van der Waals surface area contributed by atoms with Gasteiger partial charge in [-0.15, -0.1) is 0 Å². The van der Waals surface area contributed by atoms with Crippen LogP contribution in [0.4, 0.5) is 0 Å². The molecule has 0 bridgehead atoms. The zero-order chi connectivity index (χ0) is 23.2. The summed E-state index contributed by atoms with van der Waals surface area (Å²) in [6.45, 7) is 19.9. The maximum atomic E-state index is 11.2. The van der Waals surface area contributed by atoms with E-state index in [1.807, 2.05) is 0 Å². The minimum Gasteiger partial charge on any atom is -0.507 e. The predicted molar refractivity (Wildman–Crippen MR) is 135 cm³/mol. The van der Waals surface area contributed by atoms with Gasteiger partial charge in [0.1, 0.15) is 5.75 Å². The normalized spacial score (nSPS) is 13.6. The molecule has 2 aromatic rings. The second-order valence-electron chi connectivity index (χ2n) is 11.0. The standard InChI is InChI=1S/C29H45NO/c1-9-11-18-30(19-12-10-2)26(22-16-14-13-15-17-22)23-20-24(28(3,4)5)27(31)25(21-23)29(6,7)8/h13-17,20-21,26,31H,9-12,18-19H2,1-8H3. The summed E-state index contributed by atoms with van der Waals surface area (Å²) in [5.74, 6) is 0.462. The minimum absolute atomic E-state index is 0.126. The summed E-state index contributed by atoms with van der Waals surface area (Å²) in [5.41, 5.74) is 4.47. The Morgan fingerprint density at radius 3 is 1.58 bits per heavy atom. The van der Waals surface area contributed by atoms with E-state index >= 15 is 0 Å². The van der Waals surface area contributed by atoms with Gasteiger partial charge in [0.2, 0.25) is 0 Å². The first-order valence-corrected chi connectivity index (χ1v) is 12.2. The maximum absolute atomic E-state index is 11.2. The first kappa shape index (κ1) is 25.5. The number of aromatic hydroxyl groups is 1. The van der Waals surface area contributed by atoms with Crippen LogP contribution in [0.2, 0.25) is 0 Å². The number of hydrogen-bond donors (Lipinski definition) is 1. The molecule has 0 aromatic heterocycles. The zero-order valence-corrected chi connectivity index (χ0v) is 21.3. The Morgan fingerprint density at radius 1 is 0.742 bits per heavy atom. The summed E-state index contributed by atoms with van der Waals surface area (Å²) in [6, 6.07) is 15.7. The van der Waals surface area contributed by atoms with Gasteiger partial charge in [-0.2, -0.15) is 0 Å². The van der Waals surface area contributed by atoms with Crippen molar-refractivity contribution in [3.05, 3.63) is 64.7 Å². The van der Waals surface area contributed by atoms with E-state index < -0.39 is 0 Å². The number of benzene rings is 2. The maximum Gasteiger partial charge on any atom is 0.123 e. The molecule has 2 heteroatoms. The van der Waals surface area contributed by atoms with Gasteiger partial charge in [-0.1, -0.05) is 98.6 Å². The lowest BCUT2D eigenvalue weighted by Gasteiger charge is -2.35. The van der Waals surface area contributed by atoms with Crippen molar-refractivity contribution in [2.75, 3.05) is 13.1 Å².